The number of oxime groups is 1. The average molecular weight is 432 g/mol. The number of amidine groups is 1. The van der Waals surface area contributed by atoms with Gasteiger partial charge in [-0.05, 0) is 55.7 Å². The van der Waals surface area contributed by atoms with Crippen molar-refractivity contribution in [3.63, 3.8) is 0 Å². The van der Waals surface area contributed by atoms with Gasteiger partial charge in [-0.15, -0.1) is 0 Å². The number of nitrogens with zero attached hydrogens (tertiary/aromatic N) is 4. The van der Waals surface area contributed by atoms with Crippen molar-refractivity contribution in [3.8, 4) is 11.4 Å². The predicted molar refractivity (Wildman–Crippen MR) is 121 cm³/mol. The van der Waals surface area contributed by atoms with Gasteiger partial charge < -0.3 is 19.0 Å². The zero-order valence-electron chi connectivity index (χ0n) is 18.2. The van der Waals surface area contributed by atoms with Gasteiger partial charge in [0.25, 0.3) is 0 Å². The molecule has 32 heavy (non-hydrogen) atoms. The Morgan fingerprint density at radius 3 is 2.72 bits per heavy atom. The van der Waals surface area contributed by atoms with Crippen LogP contribution >= 0.6 is 0 Å². The number of hydrogen-bond acceptors (Lipinski definition) is 5. The van der Waals surface area contributed by atoms with Crippen molar-refractivity contribution >= 4 is 11.9 Å². The molecule has 6 nitrogen and oxygen atoms in total. The number of piperidine rings is 1. The molecule has 1 saturated heterocycles. The normalized spacial score (nSPS) is 20.2. The van der Waals surface area contributed by atoms with Gasteiger partial charge in [0, 0.05) is 24.7 Å². The maximum Gasteiger partial charge on any atom is 0.237 e. The van der Waals surface area contributed by atoms with E-state index in [9.17, 15) is 4.39 Å². The Hall–Kier alpha value is -3.61. The molecule has 2 aliphatic rings. The van der Waals surface area contributed by atoms with E-state index in [1.54, 1.807) is 25.6 Å². The molecular formula is C25H25FN4O2. The second kappa shape index (κ2) is 8.15. The lowest BCUT2D eigenvalue weighted by Gasteiger charge is -2.40. The van der Waals surface area contributed by atoms with E-state index in [1.165, 1.54) is 12.1 Å². The fourth-order valence-corrected chi connectivity index (χ4v) is 4.43. The Kier molecular flexibility index (Phi) is 5.17. The highest BCUT2D eigenvalue weighted by molar-refractivity contribution is 5.97. The third-order valence-electron chi connectivity index (χ3n) is 6.06. The van der Waals surface area contributed by atoms with Gasteiger partial charge in [-0.25, -0.2) is 9.37 Å². The molecule has 0 radical (unpaired) electrons. The third-order valence-corrected chi connectivity index (χ3v) is 6.06. The summed E-state index contributed by atoms with van der Waals surface area (Å²) in [5.41, 5.74) is 3.13. The highest BCUT2D eigenvalue weighted by atomic mass is 19.1. The molecule has 1 fully saturated rings. The van der Waals surface area contributed by atoms with Crippen LogP contribution in [0, 0.1) is 12.7 Å². The molecule has 0 amide bonds. The Labute approximate surface area is 186 Å². The van der Waals surface area contributed by atoms with Gasteiger partial charge in [0.05, 0.1) is 24.8 Å². The molecule has 0 bridgehead atoms. The number of aromatic nitrogens is 2. The van der Waals surface area contributed by atoms with E-state index in [2.05, 4.69) is 15.0 Å². The van der Waals surface area contributed by atoms with E-state index < -0.39 is 5.72 Å². The van der Waals surface area contributed by atoms with Gasteiger partial charge in [0.15, 0.2) is 5.84 Å². The molecule has 1 aromatic heterocycles. The van der Waals surface area contributed by atoms with Crippen molar-refractivity contribution in [1.29, 1.82) is 0 Å². The van der Waals surface area contributed by atoms with Crippen molar-refractivity contribution in [2.24, 2.45) is 5.16 Å². The zero-order chi connectivity index (χ0) is 22.1. The number of aryl methyl sites for hydroxylation is 1. The van der Waals surface area contributed by atoms with Crippen LogP contribution in [0.2, 0.25) is 0 Å². The molecule has 1 unspecified atom stereocenters. The van der Waals surface area contributed by atoms with Crippen LogP contribution in [0.15, 0.2) is 66.2 Å². The van der Waals surface area contributed by atoms with Crippen LogP contribution in [0.25, 0.3) is 11.8 Å². The topological polar surface area (TPSA) is 51.9 Å². The Morgan fingerprint density at radius 2 is 1.97 bits per heavy atom. The number of imidazole rings is 1. The molecule has 164 valence electrons. The molecule has 0 aliphatic carbocycles. The standard InChI is InChI=1S/C25H25FN4O2/c1-18-16-29(17-27-18)22-11-5-19(15-23(22)31-2)6-12-24-28-32-25(13-3-4-14-30(24)25)20-7-9-21(26)10-8-20/h5-12,15-17H,3-4,13-14H2,1-2H3. The Balaban J connectivity index is 1.40. The van der Waals surface area contributed by atoms with Crippen LogP contribution in [0.5, 0.6) is 5.75 Å². The van der Waals surface area contributed by atoms with Crippen LogP contribution in [0.1, 0.15) is 36.1 Å². The van der Waals surface area contributed by atoms with Gasteiger partial charge in [-0.3, -0.25) is 0 Å². The molecular weight excluding hydrogens is 407 g/mol. The second-order valence-electron chi connectivity index (χ2n) is 8.13. The second-order valence-corrected chi connectivity index (χ2v) is 8.13. The number of hydrogen-bond donors (Lipinski definition) is 0. The fourth-order valence-electron chi connectivity index (χ4n) is 4.43. The first-order valence-corrected chi connectivity index (χ1v) is 10.8. The number of halogens is 1. The van der Waals surface area contributed by atoms with Gasteiger partial charge in [-0.1, -0.05) is 29.4 Å². The molecule has 1 atom stereocenters. The van der Waals surface area contributed by atoms with Crippen LogP contribution in [-0.4, -0.2) is 33.9 Å². The number of fused-ring (bicyclic) bond motifs is 1. The summed E-state index contributed by atoms with van der Waals surface area (Å²) < 4.78 is 21.0. The van der Waals surface area contributed by atoms with Gasteiger partial charge in [0.2, 0.25) is 5.72 Å². The van der Waals surface area contributed by atoms with Crippen molar-refractivity contribution in [2.45, 2.75) is 31.9 Å². The summed E-state index contributed by atoms with van der Waals surface area (Å²) in [5.74, 6) is 1.27. The minimum atomic E-state index is -0.660. The number of benzene rings is 2. The van der Waals surface area contributed by atoms with E-state index in [1.807, 2.05) is 48.0 Å². The highest BCUT2D eigenvalue weighted by Gasteiger charge is 2.48. The highest BCUT2D eigenvalue weighted by Crippen LogP contribution is 2.43. The maximum atomic E-state index is 13.5. The fraction of sp³-hybridized carbons (Fsp3) is 0.280. The lowest BCUT2D eigenvalue weighted by molar-refractivity contribution is -0.125. The lowest BCUT2D eigenvalue weighted by Crippen LogP contribution is -2.48. The predicted octanol–water partition coefficient (Wildman–Crippen LogP) is 5.02. The summed E-state index contributed by atoms with van der Waals surface area (Å²) in [6.07, 6.45) is 10.6. The lowest BCUT2D eigenvalue weighted by atomic mass is 9.91. The van der Waals surface area contributed by atoms with E-state index in [-0.39, 0.29) is 5.82 Å². The largest absolute Gasteiger partial charge is 0.495 e. The molecule has 3 aromatic rings. The van der Waals surface area contributed by atoms with Crippen molar-refractivity contribution in [3.05, 3.63) is 83.7 Å². The molecule has 2 aliphatic heterocycles. The number of ether oxygens (including phenoxy) is 1. The average Bonchev–Trinajstić information content (AvgIpc) is 3.42. The number of methoxy groups -OCH3 is 1. The van der Waals surface area contributed by atoms with Gasteiger partial charge in [-0.2, -0.15) is 0 Å². The molecule has 0 spiro atoms. The summed E-state index contributed by atoms with van der Waals surface area (Å²) in [5, 5.41) is 4.40. The molecule has 2 aromatic carbocycles. The van der Waals surface area contributed by atoms with Crippen LogP contribution < -0.4 is 4.74 Å². The quantitative estimate of drug-likeness (QED) is 0.568. The Morgan fingerprint density at radius 1 is 1.12 bits per heavy atom. The third kappa shape index (κ3) is 3.53. The maximum absolute atomic E-state index is 13.5. The number of rotatable bonds is 5. The van der Waals surface area contributed by atoms with Crippen LogP contribution in [-0.2, 0) is 10.6 Å². The molecule has 0 saturated carbocycles. The van der Waals surface area contributed by atoms with E-state index in [0.717, 1.165) is 59.9 Å². The SMILES string of the molecule is COc1cc(C=CC2=NOC3(c4ccc(F)cc4)CCCCN23)ccc1-n1cnc(C)c1. The summed E-state index contributed by atoms with van der Waals surface area (Å²) in [7, 11) is 1.66. The van der Waals surface area contributed by atoms with Crippen molar-refractivity contribution < 1.29 is 14.0 Å². The summed E-state index contributed by atoms with van der Waals surface area (Å²) in [4.78, 5) is 12.5. The van der Waals surface area contributed by atoms with E-state index >= 15 is 0 Å². The van der Waals surface area contributed by atoms with Crippen LogP contribution in [0.4, 0.5) is 4.39 Å². The van der Waals surface area contributed by atoms with E-state index in [0.29, 0.717) is 0 Å². The smallest absolute Gasteiger partial charge is 0.237 e. The molecule has 0 N–H and O–H groups in total. The van der Waals surface area contributed by atoms with Gasteiger partial charge in [0.1, 0.15) is 11.6 Å². The summed E-state index contributed by atoms with van der Waals surface area (Å²) in [6, 6.07) is 12.6. The first-order chi connectivity index (χ1) is 15.6. The van der Waals surface area contributed by atoms with Gasteiger partial charge >= 0.3 is 0 Å². The van der Waals surface area contributed by atoms with E-state index in [4.69, 9.17) is 9.57 Å². The summed E-state index contributed by atoms with van der Waals surface area (Å²) >= 11 is 0. The first-order valence-electron chi connectivity index (χ1n) is 10.8. The van der Waals surface area contributed by atoms with Crippen LogP contribution in [0.3, 0.4) is 0 Å². The molecule has 5 rings (SSSR count). The minimum Gasteiger partial charge on any atom is -0.495 e. The minimum absolute atomic E-state index is 0.255. The molecule has 3 heterocycles. The zero-order valence-corrected chi connectivity index (χ0v) is 18.2. The molecule has 7 heteroatoms. The monoisotopic (exact) mass is 432 g/mol. The first kappa shape index (κ1) is 20.3. The Bertz CT molecular complexity index is 1180. The summed E-state index contributed by atoms with van der Waals surface area (Å²) in [6.45, 7) is 2.79. The van der Waals surface area contributed by atoms with Crippen molar-refractivity contribution in [2.75, 3.05) is 13.7 Å². The van der Waals surface area contributed by atoms with Crippen molar-refractivity contribution in [1.82, 2.24) is 14.5 Å².